The van der Waals surface area contributed by atoms with Gasteiger partial charge < -0.3 is 0 Å². The lowest BCUT2D eigenvalue weighted by Gasteiger charge is -1.98. The lowest BCUT2D eigenvalue weighted by molar-refractivity contribution is -0.385. The van der Waals surface area contributed by atoms with E-state index in [1.54, 1.807) is 0 Å². The normalized spacial score (nSPS) is 8.80. The zero-order chi connectivity index (χ0) is 12.0. The Labute approximate surface area is 93.0 Å². The molecule has 0 radical (unpaired) electrons. The van der Waals surface area contributed by atoms with Crippen LogP contribution in [-0.4, -0.2) is 10.7 Å². The molecule has 0 aliphatic heterocycles. The maximum Gasteiger partial charge on any atom is 0.281 e. The second-order valence-electron chi connectivity index (χ2n) is 2.47. The van der Waals surface area contributed by atoms with Crippen LogP contribution in [0.5, 0.6) is 0 Å². The standard InChI is InChI=1S/C8H6ClNO3.C2H6/c1-5(11)7-3-2-6(9)4-8(7)10(12)13;1-2/h2-4H,1H3;1-2H3. The lowest BCUT2D eigenvalue weighted by atomic mass is 10.1. The summed E-state index contributed by atoms with van der Waals surface area (Å²) in [4.78, 5) is 20.8. The fraction of sp³-hybridized carbons (Fsp3) is 0.300. The predicted molar refractivity (Wildman–Crippen MR) is 59.5 cm³/mol. The molecule has 0 bridgehead atoms. The number of ketones is 1. The van der Waals surface area contributed by atoms with Crippen molar-refractivity contribution < 1.29 is 9.72 Å². The monoisotopic (exact) mass is 229 g/mol. The third-order valence-corrected chi connectivity index (χ3v) is 1.77. The van der Waals surface area contributed by atoms with Gasteiger partial charge in [0.05, 0.1) is 10.5 Å². The van der Waals surface area contributed by atoms with E-state index in [0.29, 0.717) is 0 Å². The van der Waals surface area contributed by atoms with E-state index in [1.165, 1.54) is 19.1 Å². The third-order valence-electron chi connectivity index (χ3n) is 1.54. The quantitative estimate of drug-likeness (QED) is 0.443. The van der Waals surface area contributed by atoms with Crippen molar-refractivity contribution in [1.29, 1.82) is 0 Å². The molecule has 1 rings (SSSR count). The molecule has 0 N–H and O–H groups in total. The van der Waals surface area contributed by atoms with Crippen LogP contribution in [0.2, 0.25) is 5.02 Å². The van der Waals surface area contributed by atoms with E-state index in [-0.39, 0.29) is 22.1 Å². The van der Waals surface area contributed by atoms with E-state index in [2.05, 4.69) is 0 Å². The van der Waals surface area contributed by atoms with E-state index in [0.717, 1.165) is 6.07 Å². The molecule has 0 saturated heterocycles. The minimum absolute atomic E-state index is 0.0781. The number of nitro benzene ring substituents is 1. The highest BCUT2D eigenvalue weighted by atomic mass is 35.5. The minimum atomic E-state index is -0.622. The number of carbonyl (C=O) groups is 1. The predicted octanol–water partition coefficient (Wildman–Crippen LogP) is 3.48. The molecule has 82 valence electrons. The molecule has 0 spiro atoms. The Bertz CT molecular complexity index is 377. The van der Waals surface area contributed by atoms with Gasteiger partial charge in [0.25, 0.3) is 5.69 Å². The molecule has 0 aliphatic rings. The number of hydrogen-bond acceptors (Lipinski definition) is 3. The number of hydrogen-bond donors (Lipinski definition) is 0. The SMILES string of the molecule is CC.CC(=O)c1ccc(Cl)cc1[N+](=O)[O-]. The van der Waals surface area contributed by atoms with E-state index < -0.39 is 4.92 Å². The van der Waals surface area contributed by atoms with Crippen LogP contribution >= 0.6 is 11.6 Å². The molecular weight excluding hydrogens is 218 g/mol. The summed E-state index contributed by atoms with van der Waals surface area (Å²) in [7, 11) is 0. The van der Waals surface area contributed by atoms with Crippen LogP contribution in [-0.2, 0) is 0 Å². The van der Waals surface area contributed by atoms with Crippen molar-refractivity contribution in [3.63, 3.8) is 0 Å². The molecular formula is C10H12ClNO3. The van der Waals surface area contributed by atoms with Crippen molar-refractivity contribution in [3.05, 3.63) is 38.9 Å². The molecule has 0 heterocycles. The first-order valence-electron chi connectivity index (χ1n) is 4.47. The minimum Gasteiger partial charge on any atom is -0.294 e. The van der Waals surface area contributed by atoms with Gasteiger partial charge in [-0.1, -0.05) is 25.4 Å². The number of halogens is 1. The van der Waals surface area contributed by atoms with Crippen LogP contribution in [0.25, 0.3) is 0 Å². The third kappa shape index (κ3) is 3.67. The van der Waals surface area contributed by atoms with Crippen LogP contribution in [0, 0.1) is 10.1 Å². The first kappa shape index (κ1) is 13.6. The summed E-state index contributed by atoms with van der Waals surface area (Å²) in [6.07, 6.45) is 0. The molecule has 5 heteroatoms. The number of benzene rings is 1. The van der Waals surface area contributed by atoms with Crippen molar-refractivity contribution in [3.8, 4) is 0 Å². The first-order valence-corrected chi connectivity index (χ1v) is 4.85. The molecule has 0 fully saturated rings. The molecule has 0 atom stereocenters. The van der Waals surface area contributed by atoms with Gasteiger partial charge in [0.2, 0.25) is 0 Å². The second-order valence-corrected chi connectivity index (χ2v) is 2.91. The fourth-order valence-corrected chi connectivity index (χ4v) is 1.12. The molecule has 1 aromatic rings. The smallest absolute Gasteiger partial charge is 0.281 e. The average Bonchev–Trinajstić information content (AvgIpc) is 2.20. The van der Waals surface area contributed by atoms with Gasteiger partial charge in [-0.15, -0.1) is 0 Å². The van der Waals surface area contributed by atoms with Gasteiger partial charge in [0, 0.05) is 11.1 Å². The first-order chi connectivity index (χ1) is 7.02. The number of carbonyl (C=O) groups excluding carboxylic acids is 1. The van der Waals surface area contributed by atoms with Gasteiger partial charge in [0.1, 0.15) is 0 Å². The van der Waals surface area contributed by atoms with Crippen molar-refractivity contribution >= 4 is 23.1 Å². The van der Waals surface area contributed by atoms with Gasteiger partial charge in [-0.3, -0.25) is 14.9 Å². The number of rotatable bonds is 2. The Morgan fingerprint density at radius 3 is 2.33 bits per heavy atom. The number of Topliss-reactive ketones (excluding diaryl/α,β-unsaturated/α-hetero) is 1. The highest BCUT2D eigenvalue weighted by Crippen LogP contribution is 2.23. The van der Waals surface area contributed by atoms with Gasteiger partial charge >= 0.3 is 0 Å². The molecule has 15 heavy (non-hydrogen) atoms. The van der Waals surface area contributed by atoms with E-state index >= 15 is 0 Å². The molecule has 1 aromatic carbocycles. The summed E-state index contributed by atoms with van der Waals surface area (Å²) >= 11 is 5.55. The van der Waals surface area contributed by atoms with Crippen LogP contribution in [0.1, 0.15) is 31.1 Å². The van der Waals surface area contributed by atoms with E-state index in [1.807, 2.05) is 13.8 Å². The lowest BCUT2D eigenvalue weighted by Crippen LogP contribution is -1.99. The zero-order valence-corrected chi connectivity index (χ0v) is 9.54. The van der Waals surface area contributed by atoms with Crippen LogP contribution in [0.15, 0.2) is 18.2 Å². The molecule has 4 nitrogen and oxygen atoms in total. The number of nitro groups is 1. The van der Waals surface area contributed by atoms with Crippen molar-refractivity contribution in [2.45, 2.75) is 20.8 Å². The highest BCUT2D eigenvalue weighted by Gasteiger charge is 2.16. The maximum absolute atomic E-state index is 10.9. The molecule has 0 aliphatic carbocycles. The van der Waals surface area contributed by atoms with Crippen LogP contribution in [0.4, 0.5) is 5.69 Å². The summed E-state index contributed by atoms with van der Waals surface area (Å²) in [5.41, 5.74) is -0.172. The molecule has 0 unspecified atom stereocenters. The topological polar surface area (TPSA) is 60.2 Å². The van der Waals surface area contributed by atoms with Gasteiger partial charge in [-0.2, -0.15) is 0 Å². The van der Waals surface area contributed by atoms with Gasteiger partial charge in [0.15, 0.2) is 5.78 Å². The Balaban J connectivity index is 0.000000921. The summed E-state index contributed by atoms with van der Waals surface area (Å²) in [5.74, 6) is -0.344. The Kier molecular flexibility index (Phi) is 5.56. The average molecular weight is 230 g/mol. The largest absolute Gasteiger partial charge is 0.294 e. The summed E-state index contributed by atoms with van der Waals surface area (Å²) < 4.78 is 0. The van der Waals surface area contributed by atoms with Crippen molar-refractivity contribution in [1.82, 2.24) is 0 Å². The fourth-order valence-electron chi connectivity index (χ4n) is 0.954. The molecule has 0 aromatic heterocycles. The maximum atomic E-state index is 10.9. The Hall–Kier alpha value is -1.42. The Morgan fingerprint density at radius 2 is 1.93 bits per heavy atom. The van der Waals surface area contributed by atoms with Gasteiger partial charge in [-0.25, -0.2) is 0 Å². The highest BCUT2D eigenvalue weighted by molar-refractivity contribution is 6.31. The zero-order valence-electron chi connectivity index (χ0n) is 8.78. The number of nitrogens with zero attached hydrogens (tertiary/aromatic N) is 1. The van der Waals surface area contributed by atoms with Crippen LogP contribution < -0.4 is 0 Å². The van der Waals surface area contributed by atoms with Gasteiger partial charge in [-0.05, 0) is 19.1 Å². The Morgan fingerprint density at radius 1 is 1.40 bits per heavy atom. The molecule has 0 saturated carbocycles. The summed E-state index contributed by atoms with van der Waals surface area (Å²) in [6.45, 7) is 5.27. The second kappa shape index (κ2) is 6.14. The van der Waals surface area contributed by atoms with E-state index in [4.69, 9.17) is 11.6 Å². The van der Waals surface area contributed by atoms with E-state index in [9.17, 15) is 14.9 Å². The van der Waals surface area contributed by atoms with Crippen LogP contribution in [0.3, 0.4) is 0 Å². The van der Waals surface area contributed by atoms with Crippen molar-refractivity contribution in [2.75, 3.05) is 0 Å². The summed E-state index contributed by atoms with van der Waals surface area (Å²) in [6, 6.07) is 3.96. The van der Waals surface area contributed by atoms with Crippen molar-refractivity contribution in [2.24, 2.45) is 0 Å². The summed E-state index contributed by atoms with van der Waals surface area (Å²) in [5, 5.41) is 10.7. The molecule has 0 amide bonds.